The van der Waals surface area contributed by atoms with Crippen LogP contribution in [-0.4, -0.2) is 28.9 Å². The fraction of sp³-hybridized carbons (Fsp3) is 0.538. The Morgan fingerprint density at radius 3 is 2.44 bits per heavy atom. The van der Waals surface area contributed by atoms with Crippen LogP contribution in [0.1, 0.15) is 32.4 Å². The zero-order valence-corrected chi connectivity index (χ0v) is 10.1. The fourth-order valence-corrected chi connectivity index (χ4v) is 1.67. The molecule has 3 nitrogen and oxygen atoms in total. The molecule has 1 amide bonds. The van der Waals surface area contributed by atoms with E-state index in [-0.39, 0.29) is 5.91 Å². The molecule has 0 N–H and O–H groups in total. The quantitative estimate of drug-likeness (QED) is 0.737. The third-order valence-corrected chi connectivity index (χ3v) is 2.40. The van der Waals surface area contributed by atoms with E-state index in [0.29, 0.717) is 6.42 Å². The Balaban J connectivity index is 2.55. The highest BCUT2D eigenvalue weighted by Gasteiger charge is 2.12. The van der Waals surface area contributed by atoms with Gasteiger partial charge < -0.3 is 4.90 Å². The van der Waals surface area contributed by atoms with Crippen LogP contribution in [0.25, 0.3) is 0 Å². The molecule has 0 radical (unpaired) electrons. The van der Waals surface area contributed by atoms with E-state index in [9.17, 15) is 4.79 Å². The van der Waals surface area contributed by atoms with Gasteiger partial charge in [-0.1, -0.05) is 19.9 Å². The van der Waals surface area contributed by atoms with Crippen molar-refractivity contribution in [2.45, 2.75) is 33.1 Å². The second-order valence-corrected chi connectivity index (χ2v) is 3.88. The highest BCUT2D eigenvalue weighted by Crippen LogP contribution is 2.01. The standard InChI is InChI=1S/C13H20N2O/c1-3-9-15(10-4-2)13(16)11-12-7-5-6-8-14-12/h5-8H,3-4,9-11H2,1-2H3. The van der Waals surface area contributed by atoms with Crippen molar-refractivity contribution in [2.75, 3.05) is 13.1 Å². The third-order valence-electron chi connectivity index (χ3n) is 2.40. The number of pyridine rings is 1. The van der Waals surface area contributed by atoms with Crippen molar-refractivity contribution in [3.8, 4) is 0 Å². The van der Waals surface area contributed by atoms with Crippen LogP contribution in [0, 0.1) is 0 Å². The van der Waals surface area contributed by atoms with Crippen LogP contribution in [0.3, 0.4) is 0 Å². The minimum atomic E-state index is 0.183. The van der Waals surface area contributed by atoms with Crippen LogP contribution < -0.4 is 0 Å². The molecule has 0 atom stereocenters. The summed E-state index contributed by atoms with van der Waals surface area (Å²) in [5, 5.41) is 0. The molecule has 0 unspecified atom stereocenters. The molecule has 0 fully saturated rings. The van der Waals surface area contributed by atoms with Gasteiger partial charge in [0.15, 0.2) is 0 Å². The van der Waals surface area contributed by atoms with Crippen LogP contribution in [-0.2, 0) is 11.2 Å². The summed E-state index contributed by atoms with van der Waals surface area (Å²) >= 11 is 0. The SMILES string of the molecule is CCCN(CCC)C(=O)Cc1ccccn1. The summed E-state index contributed by atoms with van der Waals surface area (Å²) in [4.78, 5) is 18.1. The van der Waals surface area contributed by atoms with E-state index in [1.54, 1.807) is 6.20 Å². The lowest BCUT2D eigenvalue weighted by molar-refractivity contribution is -0.130. The van der Waals surface area contributed by atoms with Crippen LogP contribution in [0.2, 0.25) is 0 Å². The van der Waals surface area contributed by atoms with Crippen molar-refractivity contribution in [2.24, 2.45) is 0 Å². The Kier molecular flexibility index (Phi) is 5.54. The average Bonchev–Trinajstić information content (AvgIpc) is 2.30. The maximum atomic E-state index is 12.0. The lowest BCUT2D eigenvalue weighted by Crippen LogP contribution is -2.33. The van der Waals surface area contributed by atoms with Gasteiger partial charge in [-0.15, -0.1) is 0 Å². The molecular weight excluding hydrogens is 200 g/mol. The van der Waals surface area contributed by atoms with Gasteiger partial charge in [0.05, 0.1) is 6.42 Å². The molecule has 88 valence electrons. The molecule has 0 saturated heterocycles. The van der Waals surface area contributed by atoms with Gasteiger partial charge >= 0.3 is 0 Å². The Morgan fingerprint density at radius 2 is 1.94 bits per heavy atom. The highest BCUT2D eigenvalue weighted by molar-refractivity contribution is 5.78. The van der Waals surface area contributed by atoms with Crippen molar-refractivity contribution in [3.05, 3.63) is 30.1 Å². The van der Waals surface area contributed by atoms with Crippen molar-refractivity contribution < 1.29 is 4.79 Å². The van der Waals surface area contributed by atoms with Crippen molar-refractivity contribution in [3.63, 3.8) is 0 Å². The summed E-state index contributed by atoms with van der Waals surface area (Å²) < 4.78 is 0. The number of aromatic nitrogens is 1. The highest BCUT2D eigenvalue weighted by atomic mass is 16.2. The molecule has 0 spiro atoms. The van der Waals surface area contributed by atoms with Gasteiger partial charge in [0.25, 0.3) is 0 Å². The Hall–Kier alpha value is -1.38. The monoisotopic (exact) mass is 220 g/mol. The fourth-order valence-electron chi connectivity index (χ4n) is 1.67. The maximum absolute atomic E-state index is 12.0. The van der Waals surface area contributed by atoms with Crippen LogP contribution in [0.15, 0.2) is 24.4 Å². The molecule has 1 rings (SSSR count). The predicted molar refractivity (Wildman–Crippen MR) is 65.1 cm³/mol. The summed E-state index contributed by atoms with van der Waals surface area (Å²) in [6, 6.07) is 5.68. The Morgan fingerprint density at radius 1 is 1.25 bits per heavy atom. The smallest absolute Gasteiger partial charge is 0.228 e. The number of carbonyl (C=O) groups is 1. The van der Waals surface area contributed by atoms with Gasteiger partial charge in [0, 0.05) is 25.0 Å². The summed E-state index contributed by atoms with van der Waals surface area (Å²) in [7, 11) is 0. The van der Waals surface area contributed by atoms with Gasteiger partial charge in [-0.05, 0) is 25.0 Å². The van der Waals surface area contributed by atoms with Crippen molar-refractivity contribution in [1.82, 2.24) is 9.88 Å². The van der Waals surface area contributed by atoms with Crippen LogP contribution in [0.5, 0.6) is 0 Å². The first-order chi connectivity index (χ1) is 7.77. The third kappa shape index (κ3) is 4.01. The predicted octanol–water partition coefficient (Wildman–Crippen LogP) is 2.27. The maximum Gasteiger partial charge on any atom is 0.228 e. The molecule has 0 aromatic carbocycles. The number of nitrogens with zero attached hydrogens (tertiary/aromatic N) is 2. The van der Waals surface area contributed by atoms with Crippen LogP contribution >= 0.6 is 0 Å². The van der Waals surface area contributed by atoms with Gasteiger partial charge in [-0.25, -0.2) is 0 Å². The largest absolute Gasteiger partial charge is 0.342 e. The summed E-state index contributed by atoms with van der Waals surface area (Å²) in [6.45, 7) is 5.88. The van der Waals surface area contributed by atoms with E-state index in [1.807, 2.05) is 23.1 Å². The molecule has 3 heteroatoms. The molecule has 16 heavy (non-hydrogen) atoms. The van der Waals surface area contributed by atoms with E-state index in [0.717, 1.165) is 31.6 Å². The Labute approximate surface area is 97.5 Å². The van der Waals surface area contributed by atoms with Gasteiger partial charge in [0.2, 0.25) is 5.91 Å². The topological polar surface area (TPSA) is 33.2 Å². The minimum absolute atomic E-state index is 0.183. The van der Waals surface area contributed by atoms with Crippen molar-refractivity contribution in [1.29, 1.82) is 0 Å². The summed E-state index contributed by atoms with van der Waals surface area (Å²) in [6.07, 6.45) is 4.16. The second kappa shape index (κ2) is 6.99. The molecule has 1 aromatic rings. The average molecular weight is 220 g/mol. The second-order valence-electron chi connectivity index (χ2n) is 3.88. The van der Waals surface area contributed by atoms with Gasteiger partial charge in [-0.3, -0.25) is 9.78 Å². The molecule has 0 saturated carbocycles. The summed E-state index contributed by atoms with van der Waals surface area (Å²) in [5.74, 6) is 0.183. The molecule has 0 aliphatic rings. The molecule has 0 bridgehead atoms. The molecular formula is C13H20N2O. The van der Waals surface area contributed by atoms with Crippen LogP contribution in [0.4, 0.5) is 0 Å². The van der Waals surface area contributed by atoms with E-state index in [2.05, 4.69) is 18.8 Å². The van der Waals surface area contributed by atoms with E-state index >= 15 is 0 Å². The first kappa shape index (κ1) is 12.7. The van der Waals surface area contributed by atoms with E-state index in [4.69, 9.17) is 0 Å². The number of carbonyl (C=O) groups excluding carboxylic acids is 1. The zero-order valence-electron chi connectivity index (χ0n) is 10.1. The van der Waals surface area contributed by atoms with Crippen molar-refractivity contribution >= 4 is 5.91 Å². The first-order valence-electron chi connectivity index (χ1n) is 5.95. The molecule has 0 aliphatic carbocycles. The first-order valence-corrected chi connectivity index (χ1v) is 5.95. The zero-order chi connectivity index (χ0) is 11.8. The Bertz CT molecular complexity index is 305. The number of amides is 1. The normalized spacial score (nSPS) is 10.1. The van der Waals surface area contributed by atoms with Gasteiger partial charge in [-0.2, -0.15) is 0 Å². The molecule has 0 aliphatic heterocycles. The van der Waals surface area contributed by atoms with E-state index < -0.39 is 0 Å². The number of rotatable bonds is 6. The summed E-state index contributed by atoms with van der Waals surface area (Å²) in [5.41, 5.74) is 0.852. The number of hydrogen-bond acceptors (Lipinski definition) is 2. The lowest BCUT2D eigenvalue weighted by atomic mass is 10.2. The molecule has 1 heterocycles. The minimum Gasteiger partial charge on any atom is -0.342 e. The van der Waals surface area contributed by atoms with Gasteiger partial charge in [0.1, 0.15) is 0 Å². The number of hydrogen-bond donors (Lipinski definition) is 0. The molecule has 1 aromatic heterocycles. The lowest BCUT2D eigenvalue weighted by Gasteiger charge is -2.21. The van der Waals surface area contributed by atoms with E-state index in [1.165, 1.54) is 0 Å².